The first-order valence-electron chi connectivity index (χ1n) is 7.50. The first kappa shape index (κ1) is 16.9. The van der Waals surface area contributed by atoms with E-state index in [1.807, 2.05) is 31.2 Å². The Morgan fingerprint density at radius 3 is 2.68 bits per heavy atom. The Bertz CT molecular complexity index is 966. The predicted molar refractivity (Wildman–Crippen MR) is 95.0 cm³/mol. The second-order valence-electron chi connectivity index (χ2n) is 5.55. The minimum atomic E-state index is -0.465. The van der Waals surface area contributed by atoms with E-state index in [4.69, 9.17) is 0 Å². The molecule has 6 nitrogen and oxygen atoms in total. The van der Waals surface area contributed by atoms with Crippen LogP contribution in [0.3, 0.4) is 0 Å². The molecule has 0 N–H and O–H groups in total. The molecule has 0 saturated carbocycles. The number of benzene rings is 2. The zero-order chi connectivity index (χ0) is 18.0. The van der Waals surface area contributed by atoms with Gasteiger partial charge in [-0.3, -0.25) is 14.9 Å². The minimum absolute atomic E-state index is 0.0911. The number of hydrogen-bond acceptors (Lipinski definition) is 5. The lowest BCUT2D eigenvalue weighted by Gasteiger charge is -2.06. The van der Waals surface area contributed by atoms with E-state index in [1.165, 1.54) is 24.0 Å². The number of hydrogen-bond donors (Lipinski definition) is 0. The number of aryl methyl sites for hydroxylation is 2. The van der Waals surface area contributed by atoms with Gasteiger partial charge in [-0.2, -0.15) is 0 Å². The summed E-state index contributed by atoms with van der Waals surface area (Å²) in [6.07, 6.45) is 3.17. The third-order valence-corrected chi connectivity index (χ3v) is 4.71. The second-order valence-corrected chi connectivity index (χ2v) is 6.66. The van der Waals surface area contributed by atoms with Gasteiger partial charge in [0.1, 0.15) is 0 Å². The van der Waals surface area contributed by atoms with Crippen molar-refractivity contribution in [2.75, 3.05) is 0 Å². The van der Waals surface area contributed by atoms with Gasteiger partial charge in [0.25, 0.3) is 5.69 Å². The lowest BCUT2D eigenvalue weighted by Crippen LogP contribution is -2.09. The molecule has 0 spiro atoms. The van der Waals surface area contributed by atoms with Crippen molar-refractivity contribution in [2.24, 2.45) is 7.05 Å². The zero-order valence-corrected chi connectivity index (χ0v) is 14.5. The molecule has 0 radical (unpaired) electrons. The van der Waals surface area contributed by atoms with Crippen LogP contribution < -0.4 is 0 Å². The van der Waals surface area contributed by atoms with Crippen molar-refractivity contribution < 1.29 is 9.72 Å². The fourth-order valence-corrected chi connectivity index (χ4v) is 3.43. The summed E-state index contributed by atoms with van der Waals surface area (Å²) in [5, 5.41) is 11.5. The van der Waals surface area contributed by atoms with Gasteiger partial charge in [0.15, 0.2) is 5.82 Å². The van der Waals surface area contributed by atoms with Crippen LogP contribution in [0.25, 0.3) is 0 Å². The molecule has 0 aliphatic carbocycles. The minimum Gasteiger partial charge on any atom is -0.331 e. The summed E-state index contributed by atoms with van der Waals surface area (Å²) >= 11 is 1.30. The van der Waals surface area contributed by atoms with Crippen molar-refractivity contribution in [3.63, 3.8) is 0 Å². The molecule has 3 aromatic rings. The van der Waals surface area contributed by atoms with Gasteiger partial charge in [0.05, 0.1) is 9.82 Å². The fraction of sp³-hybridized carbons (Fsp3) is 0.111. The first-order chi connectivity index (χ1) is 12.0. The van der Waals surface area contributed by atoms with Gasteiger partial charge in [0.2, 0.25) is 5.78 Å². The Labute approximate surface area is 148 Å². The summed E-state index contributed by atoms with van der Waals surface area (Å²) in [5.74, 6) is -0.101. The SMILES string of the molecule is Cc1cccc(Sc2ccc(C(=O)c3nccn3C)cc2[N+](=O)[O-])c1. The van der Waals surface area contributed by atoms with E-state index in [0.717, 1.165) is 10.5 Å². The molecule has 126 valence electrons. The number of ketones is 1. The first-order valence-corrected chi connectivity index (χ1v) is 8.32. The Kier molecular flexibility index (Phi) is 4.67. The number of nitro benzene ring substituents is 1. The van der Waals surface area contributed by atoms with Gasteiger partial charge in [-0.05, 0) is 31.2 Å². The fourth-order valence-electron chi connectivity index (χ4n) is 2.41. The Morgan fingerprint density at radius 2 is 2.04 bits per heavy atom. The topological polar surface area (TPSA) is 78.0 Å². The highest BCUT2D eigenvalue weighted by Crippen LogP contribution is 2.35. The van der Waals surface area contributed by atoms with Gasteiger partial charge in [-0.25, -0.2) is 4.98 Å². The monoisotopic (exact) mass is 353 g/mol. The molecule has 25 heavy (non-hydrogen) atoms. The van der Waals surface area contributed by atoms with E-state index in [2.05, 4.69) is 4.98 Å². The van der Waals surface area contributed by atoms with Crippen LogP contribution in [-0.2, 0) is 7.05 Å². The zero-order valence-electron chi connectivity index (χ0n) is 13.7. The number of nitrogens with zero attached hydrogens (tertiary/aromatic N) is 3. The number of carbonyl (C=O) groups is 1. The maximum absolute atomic E-state index is 12.5. The molecular weight excluding hydrogens is 338 g/mol. The summed E-state index contributed by atoms with van der Waals surface area (Å²) in [5.41, 5.74) is 1.23. The smallest absolute Gasteiger partial charge is 0.283 e. The van der Waals surface area contributed by atoms with Crippen molar-refractivity contribution in [3.05, 3.63) is 81.9 Å². The predicted octanol–water partition coefficient (Wildman–Crippen LogP) is 4.02. The van der Waals surface area contributed by atoms with Crippen molar-refractivity contribution in [2.45, 2.75) is 16.7 Å². The van der Waals surface area contributed by atoms with Gasteiger partial charge in [-0.1, -0.05) is 29.5 Å². The summed E-state index contributed by atoms with van der Waals surface area (Å²) < 4.78 is 1.59. The molecule has 0 fully saturated rings. The largest absolute Gasteiger partial charge is 0.331 e. The molecule has 0 amide bonds. The molecule has 0 bridgehead atoms. The summed E-state index contributed by atoms with van der Waals surface area (Å²) in [6, 6.07) is 12.3. The van der Waals surface area contributed by atoms with Gasteiger partial charge >= 0.3 is 0 Å². The van der Waals surface area contributed by atoms with Crippen molar-refractivity contribution >= 4 is 23.2 Å². The summed E-state index contributed by atoms with van der Waals surface area (Å²) in [7, 11) is 1.70. The van der Waals surface area contributed by atoms with E-state index in [-0.39, 0.29) is 22.9 Å². The number of imidazole rings is 1. The molecule has 0 saturated heterocycles. The molecule has 7 heteroatoms. The Hall–Kier alpha value is -2.93. The summed E-state index contributed by atoms with van der Waals surface area (Å²) in [6.45, 7) is 1.97. The van der Waals surface area contributed by atoms with Crippen LogP contribution in [0.1, 0.15) is 21.7 Å². The maximum Gasteiger partial charge on any atom is 0.283 e. The highest BCUT2D eigenvalue weighted by atomic mass is 32.2. The van der Waals surface area contributed by atoms with Crippen molar-refractivity contribution in [1.29, 1.82) is 0 Å². The van der Waals surface area contributed by atoms with Gasteiger partial charge in [-0.15, -0.1) is 0 Å². The Morgan fingerprint density at radius 1 is 1.24 bits per heavy atom. The molecule has 0 aliphatic rings. The van der Waals surface area contributed by atoms with Crippen LogP contribution in [0.5, 0.6) is 0 Å². The average Bonchev–Trinajstić information content (AvgIpc) is 3.00. The number of carbonyl (C=O) groups excluding carboxylic acids is 1. The number of aromatic nitrogens is 2. The molecular formula is C18H15N3O3S. The van der Waals surface area contributed by atoms with Crippen LogP contribution >= 0.6 is 11.8 Å². The number of rotatable bonds is 5. The summed E-state index contributed by atoms with van der Waals surface area (Å²) in [4.78, 5) is 28.9. The van der Waals surface area contributed by atoms with Crippen LogP contribution in [0.15, 0.2) is 64.6 Å². The quantitative estimate of drug-likeness (QED) is 0.393. The van der Waals surface area contributed by atoms with Gasteiger partial charge < -0.3 is 4.57 Å². The van der Waals surface area contributed by atoms with E-state index >= 15 is 0 Å². The lowest BCUT2D eigenvalue weighted by atomic mass is 10.1. The molecule has 3 rings (SSSR count). The highest BCUT2D eigenvalue weighted by molar-refractivity contribution is 7.99. The Balaban J connectivity index is 1.97. The molecule has 0 atom stereocenters. The molecule has 0 aliphatic heterocycles. The third kappa shape index (κ3) is 3.61. The van der Waals surface area contributed by atoms with Crippen LogP contribution in [0, 0.1) is 17.0 Å². The van der Waals surface area contributed by atoms with E-state index < -0.39 is 4.92 Å². The van der Waals surface area contributed by atoms with Gasteiger partial charge in [0, 0.05) is 36.0 Å². The van der Waals surface area contributed by atoms with Crippen LogP contribution in [0.4, 0.5) is 5.69 Å². The highest BCUT2D eigenvalue weighted by Gasteiger charge is 2.21. The van der Waals surface area contributed by atoms with Crippen LogP contribution in [0.2, 0.25) is 0 Å². The average molecular weight is 353 g/mol. The lowest BCUT2D eigenvalue weighted by molar-refractivity contribution is -0.387. The molecule has 1 aromatic heterocycles. The van der Waals surface area contributed by atoms with E-state index in [1.54, 1.807) is 29.9 Å². The number of nitro groups is 1. The van der Waals surface area contributed by atoms with Crippen molar-refractivity contribution in [3.8, 4) is 0 Å². The molecule has 0 unspecified atom stereocenters. The van der Waals surface area contributed by atoms with Crippen LogP contribution in [-0.4, -0.2) is 20.3 Å². The maximum atomic E-state index is 12.5. The van der Waals surface area contributed by atoms with E-state index in [0.29, 0.717) is 4.90 Å². The van der Waals surface area contributed by atoms with E-state index in [9.17, 15) is 14.9 Å². The normalized spacial score (nSPS) is 10.6. The molecule has 2 aromatic carbocycles. The molecule has 1 heterocycles. The third-order valence-electron chi connectivity index (χ3n) is 3.66. The standard InChI is InChI=1S/C18H15N3O3S/c1-12-4-3-5-14(10-12)25-16-7-6-13(11-15(16)21(23)24)17(22)18-19-8-9-20(18)2/h3-11H,1-2H3. The van der Waals surface area contributed by atoms with Crippen molar-refractivity contribution in [1.82, 2.24) is 9.55 Å². The second kappa shape index (κ2) is 6.90.